The number of nitrogens with zero attached hydrogens (tertiary/aromatic N) is 2. The van der Waals surface area contributed by atoms with Crippen LogP contribution in [-0.4, -0.2) is 34.3 Å². The highest BCUT2D eigenvalue weighted by molar-refractivity contribution is 5.77. The van der Waals surface area contributed by atoms with Crippen molar-refractivity contribution in [2.24, 2.45) is 5.92 Å². The first-order valence-corrected chi connectivity index (χ1v) is 6.12. The van der Waals surface area contributed by atoms with E-state index in [-0.39, 0.29) is 12.6 Å². The van der Waals surface area contributed by atoms with Gasteiger partial charge in [0, 0.05) is 6.54 Å². The van der Waals surface area contributed by atoms with E-state index in [1.165, 1.54) is 0 Å². The van der Waals surface area contributed by atoms with Gasteiger partial charge in [-0.2, -0.15) is 0 Å². The number of benzene rings is 1. The Morgan fingerprint density at radius 1 is 1.47 bits per heavy atom. The van der Waals surface area contributed by atoms with Crippen molar-refractivity contribution in [1.82, 2.24) is 9.97 Å². The molecule has 2 aromatic rings. The summed E-state index contributed by atoms with van der Waals surface area (Å²) >= 11 is 0. The number of rotatable bonds is 2. The minimum absolute atomic E-state index is 0.190. The van der Waals surface area contributed by atoms with Crippen molar-refractivity contribution in [3.63, 3.8) is 0 Å². The zero-order valence-electron chi connectivity index (χ0n) is 9.93. The minimum Gasteiger partial charge on any atom is -0.394 e. The fourth-order valence-electron chi connectivity index (χ4n) is 2.62. The van der Waals surface area contributed by atoms with Gasteiger partial charge in [0.25, 0.3) is 0 Å². The second kappa shape index (κ2) is 4.04. The molecule has 4 nitrogen and oxygen atoms in total. The number of aromatic nitrogens is 2. The third kappa shape index (κ3) is 1.69. The molecule has 0 bridgehead atoms. The number of H-pyrrole nitrogens is 1. The lowest BCUT2D eigenvalue weighted by atomic mass is 10.0. The van der Waals surface area contributed by atoms with Crippen molar-refractivity contribution >= 4 is 17.0 Å². The molecule has 1 aliphatic rings. The summed E-state index contributed by atoms with van der Waals surface area (Å²) in [5.41, 5.74) is 2.04. The average molecular weight is 231 g/mol. The molecule has 1 aromatic heterocycles. The van der Waals surface area contributed by atoms with Crippen LogP contribution in [0.3, 0.4) is 0 Å². The van der Waals surface area contributed by atoms with Gasteiger partial charge in [0.1, 0.15) is 0 Å². The molecular weight excluding hydrogens is 214 g/mol. The summed E-state index contributed by atoms with van der Waals surface area (Å²) in [4.78, 5) is 10.1. The van der Waals surface area contributed by atoms with Gasteiger partial charge in [-0.25, -0.2) is 4.98 Å². The zero-order chi connectivity index (χ0) is 11.8. The number of aliphatic hydroxyl groups excluding tert-OH is 1. The fourth-order valence-corrected chi connectivity index (χ4v) is 2.62. The van der Waals surface area contributed by atoms with Crippen LogP contribution in [0.1, 0.15) is 13.3 Å². The number of hydrogen-bond donors (Lipinski definition) is 2. The maximum atomic E-state index is 9.46. The van der Waals surface area contributed by atoms with Crippen LogP contribution in [0.4, 0.5) is 5.95 Å². The third-order valence-electron chi connectivity index (χ3n) is 3.72. The Morgan fingerprint density at radius 2 is 2.29 bits per heavy atom. The van der Waals surface area contributed by atoms with Crippen LogP contribution in [-0.2, 0) is 0 Å². The summed E-state index contributed by atoms with van der Waals surface area (Å²) in [5.74, 6) is 1.41. The highest BCUT2D eigenvalue weighted by Gasteiger charge is 2.32. The second-order valence-corrected chi connectivity index (χ2v) is 4.79. The second-order valence-electron chi connectivity index (χ2n) is 4.79. The fraction of sp³-hybridized carbons (Fsp3) is 0.462. The van der Waals surface area contributed by atoms with Crippen molar-refractivity contribution in [1.29, 1.82) is 0 Å². The van der Waals surface area contributed by atoms with Crippen LogP contribution in [0, 0.1) is 5.92 Å². The van der Waals surface area contributed by atoms with E-state index < -0.39 is 0 Å². The normalized spacial score (nSPS) is 24.7. The van der Waals surface area contributed by atoms with Crippen molar-refractivity contribution in [2.75, 3.05) is 18.1 Å². The van der Waals surface area contributed by atoms with Gasteiger partial charge in [0.05, 0.1) is 23.7 Å². The molecule has 1 fully saturated rings. The molecule has 2 N–H and O–H groups in total. The van der Waals surface area contributed by atoms with Gasteiger partial charge in [-0.15, -0.1) is 0 Å². The third-order valence-corrected chi connectivity index (χ3v) is 3.72. The first-order valence-electron chi connectivity index (χ1n) is 6.12. The first-order chi connectivity index (χ1) is 8.29. The Bertz CT molecular complexity index is 489. The van der Waals surface area contributed by atoms with Crippen LogP contribution < -0.4 is 4.90 Å². The van der Waals surface area contributed by atoms with E-state index in [2.05, 4.69) is 21.8 Å². The number of hydrogen-bond acceptors (Lipinski definition) is 3. The van der Waals surface area contributed by atoms with Gasteiger partial charge in [-0.3, -0.25) is 0 Å². The van der Waals surface area contributed by atoms with Crippen molar-refractivity contribution < 1.29 is 5.11 Å². The molecule has 1 aliphatic heterocycles. The molecule has 0 radical (unpaired) electrons. The Balaban J connectivity index is 1.98. The minimum atomic E-state index is 0.190. The first kappa shape index (κ1) is 10.6. The Morgan fingerprint density at radius 3 is 3.06 bits per heavy atom. The Kier molecular flexibility index (Phi) is 2.52. The maximum absolute atomic E-state index is 9.46. The number of nitrogens with one attached hydrogen (secondary N) is 1. The Hall–Kier alpha value is -1.55. The molecule has 1 saturated heterocycles. The summed E-state index contributed by atoms with van der Waals surface area (Å²) in [7, 11) is 0. The molecule has 3 rings (SSSR count). The largest absolute Gasteiger partial charge is 0.394 e. The number of aliphatic hydroxyl groups is 1. The SMILES string of the molecule is CC1CCN(c2nc3ccccc3[nH]2)C1CO. The van der Waals surface area contributed by atoms with Gasteiger partial charge in [0.2, 0.25) is 5.95 Å². The number of para-hydroxylation sites is 2. The highest BCUT2D eigenvalue weighted by atomic mass is 16.3. The van der Waals surface area contributed by atoms with Crippen molar-refractivity contribution in [3.05, 3.63) is 24.3 Å². The quantitative estimate of drug-likeness (QED) is 0.828. The van der Waals surface area contributed by atoms with E-state index in [9.17, 15) is 5.11 Å². The summed E-state index contributed by atoms with van der Waals surface area (Å²) in [6.07, 6.45) is 1.11. The number of anilines is 1. The maximum Gasteiger partial charge on any atom is 0.204 e. The van der Waals surface area contributed by atoms with E-state index in [0.717, 1.165) is 29.9 Å². The number of fused-ring (bicyclic) bond motifs is 1. The molecular formula is C13H17N3O. The standard InChI is InChI=1S/C13H17N3O/c1-9-6-7-16(12(9)8-17)13-14-10-4-2-3-5-11(10)15-13/h2-5,9,12,17H,6-8H2,1H3,(H,14,15). The number of imidazole rings is 1. The van der Waals surface area contributed by atoms with Gasteiger partial charge in [-0.05, 0) is 24.5 Å². The smallest absolute Gasteiger partial charge is 0.204 e. The van der Waals surface area contributed by atoms with E-state index in [1.807, 2.05) is 24.3 Å². The molecule has 0 amide bonds. The van der Waals surface area contributed by atoms with Crippen LogP contribution in [0.2, 0.25) is 0 Å². The molecule has 90 valence electrons. The average Bonchev–Trinajstić information content (AvgIpc) is 2.91. The topological polar surface area (TPSA) is 52.2 Å². The predicted octanol–water partition coefficient (Wildman–Crippen LogP) is 1.77. The van der Waals surface area contributed by atoms with Crippen LogP contribution in [0.5, 0.6) is 0 Å². The lowest BCUT2D eigenvalue weighted by Gasteiger charge is -2.24. The zero-order valence-corrected chi connectivity index (χ0v) is 9.93. The molecule has 0 aliphatic carbocycles. The molecule has 0 spiro atoms. The summed E-state index contributed by atoms with van der Waals surface area (Å²) in [6, 6.07) is 8.21. The van der Waals surface area contributed by atoms with Gasteiger partial charge >= 0.3 is 0 Å². The molecule has 1 aromatic carbocycles. The molecule has 0 saturated carbocycles. The highest BCUT2D eigenvalue weighted by Crippen LogP contribution is 2.28. The van der Waals surface area contributed by atoms with E-state index in [0.29, 0.717) is 5.92 Å². The van der Waals surface area contributed by atoms with Crippen LogP contribution in [0.25, 0.3) is 11.0 Å². The monoisotopic (exact) mass is 231 g/mol. The molecule has 2 heterocycles. The van der Waals surface area contributed by atoms with Gasteiger partial charge in [0.15, 0.2) is 0 Å². The lowest BCUT2D eigenvalue weighted by molar-refractivity contribution is 0.244. The van der Waals surface area contributed by atoms with E-state index in [1.54, 1.807) is 0 Å². The summed E-state index contributed by atoms with van der Waals surface area (Å²) in [6.45, 7) is 3.34. The summed E-state index contributed by atoms with van der Waals surface area (Å²) in [5, 5.41) is 9.46. The van der Waals surface area contributed by atoms with Gasteiger partial charge in [-0.1, -0.05) is 19.1 Å². The molecule has 17 heavy (non-hydrogen) atoms. The Labute approximate surface area is 100 Å². The molecule has 2 unspecified atom stereocenters. The van der Waals surface area contributed by atoms with E-state index in [4.69, 9.17) is 0 Å². The van der Waals surface area contributed by atoms with Gasteiger partial charge < -0.3 is 15.0 Å². The van der Waals surface area contributed by atoms with Crippen molar-refractivity contribution in [3.8, 4) is 0 Å². The molecule has 4 heteroatoms. The van der Waals surface area contributed by atoms with Crippen LogP contribution in [0.15, 0.2) is 24.3 Å². The predicted molar refractivity (Wildman–Crippen MR) is 68.1 cm³/mol. The lowest BCUT2D eigenvalue weighted by Crippen LogP contribution is -2.35. The molecule has 2 atom stereocenters. The summed E-state index contributed by atoms with van der Waals surface area (Å²) < 4.78 is 0. The number of aromatic amines is 1. The van der Waals surface area contributed by atoms with E-state index >= 15 is 0 Å². The van der Waals surface area contributed by atoms with Crippen LogP contribution >= 0.6 is 0 Å². The van der Waals surface area contributed by atoms with Crippen molar-refractivity contribution in [2.45, 2.75) is 19.4 Å².